The molecule has 28 heavy (non-hydrogen) atoms. The van der Waals surface area contributed by atoms with Crippen molar-refractivity contribution >= 4 is 5.91 Å². The third kappa shape index (κ3) is 3.88. The van der Waals surface area contributed by atoms with Crippen LogP contribution in [0.15, 0.2) is 30.5 Å². The van der Waals surface area contributed by atoms with Crippen LogP contribution in [0.25, 0.3) is 5.69 Å². The van der Waals surface area contributed by atoms with Crippen LogP contribution in [0.2, 0.25) is 0 Å². The number of benzene rings is 1. The molecule has 1 fully saturated rings. The number of amides is 1. The SMILES string of the molecule is C[C@@H]1[C@H](N(C)CCO)CCN1C(=O)c1cn(-c2ccccc2C(F)(F)F)nn1. The van der Waals surface area contributed by atoms with E-state index in [0.717, 1.165) is 17.2 Å². The van der Waals surface area contributed by atoms with Crippen LogP contribution < -0.4 is 0 Å². The van der Waals surface area contributed by atoms with Crippen LogP contribution in [0.1, 0.15) is 29.4 Å². The number of rotatable bonds is 5. The molecule has 1 aromatic carbocycles. The second-order valence-electron chi connectivity index (χ2n) is 6.86. The van der Waals surface area contributed by atoms with Gasteiger partial charge in [0.1, 0.15) is 0 Å². The quantitative estimate of drug-likeness (QED) is 0.833. The van der Waals surface area contributed by atoms with E-state index in [2.05, 4.69) is 10.3 Å². The minimum absolute atomic E-state index is 0.00529. The molecule has 1 aliphatic rings. The van der Waals surface area contributed by atoms with Crippen LogP contribution in [-0.2, 0) is 6.18 Å². The smallest absolute Gasteiger partial charge is 0.395 e. The van der Waals surface area contributed by atoms with Gasteiger partial charge >= 0.3 is 6.18 Å². The summed E-state index contributed by atoms with van der Waals surface area (Å²) in [5, 5.41) is 16.6. The minimum Gasteiger partial charge on any atom is -0.395 e. The van der Waals surface area contributed by atoms with Crippen molar-refractivity contribution in [1.82, 2.24) is 24.8 Å². The highest BCUT2D eigenvalue weighted by atomic mass is 19.4. The number of hydrogen-bond acceptors (Lipinski definition) is 5. The van der Waals surface area contributed by atoms with Crippen molar-refractivity contribution in [2.75, 3.05) is 26.7 Å². The van der Waals surface area contributed by atoms with Crippen LogP contribution in [0.3, 0.4) is 0 Å². The summed E-state index contributed by atoms with van der Waals surface area (Å²) in [5.74, 6) is -0.372. The monoisotopic (exact) mass is 397 g/mol. The van der Waals surface area contributed by atoms with E-state index >= 15 is 0 Å². The van der Waals surface area contributed by atoms with E-state index in [9.17, 15) is 18.0 Å². The first-order valence-corrected chi connectivity index (χ1v) is 8.95. The molecule has 2 aromatic rings. The molecule has 2 atom stereocenters. The van der Waals surface area contributed by atoms with Crippen molar-refractivity contribution in [3.63, 3.8) is 0 Å². The third-order valence-corrected chi connectivity index (χ3v) is 5.16. The van der Waals surface area contributed by atoms with Crippen LogP contribution in [0.5, 0.6) is 0 Å². The molecule has 1 amide bonds. The predicted molar refractivity (Wildman–Crippen MR) is 95.0 cm³/mol. The zero-order valence-corrected chi connectivity index (χ0v) is 15.6. The summed E-state index contributed by atoms with van der Waals surface area (Å²) in [4.78, 5) is 16.5. The van der Waals surface area contributed by atoms with Gasteiger partial charge in [-0.05, 0) is 32.5 Å². The number of hydrogen-bond donors (Lipinski definition) is 1. The Labute approximate surface area is 160 Å². The number of likely N-dealkylation sites (tertiary alicyclic amines) is 1. The van der Waals surface area contributed by atoms with Crippen LogP contribution >= 0.6 is 0 Å². The summed E-state index contributed by atoms with van der Waals surface area (Å²) in [6, 6.07) is 4.99. The molecular weight excluding hydrogens is 375 g/mol. The van der Waals surface area contributed by atoms with Gasteiger partial charge in [0.05, 0.1) is 24.1 Å². The lowest BCUT2D eigenvalue weighted by atomic mass is 10.1. The fourth-order valence-electron chi connectivity index (χ4n) is 3.66. The number of nitrogens with zero attached hydrogens (tertiary/aromatic N) is 5. The number of aliphatic hydroxyl groups is 1. The number of para-hydroxylation sites is 1. The van der Waals surface area contributed by atoms with Crippen molar-refractivity contribution in [3.8, 4) is 5.69 Å². The highest BCUT2D eigenvalue weighted by molar-refractivity contribution is 5.92. The van der Waals surface area contributed by atoms with Crippen LogP contribution in [-0.4, -0.2) is 74.6 Å². The van der Waals surface area contributed by atoms with Gasteiger partial charge in [0.2, 0.25) is 0 Å². The van der Waals surface area contributed by atoms with Crippen LogP contribution in [0.4, 0.5) is 13.2 Å². The molecule has 0 saturated carbocycles. The van der Waals surface area contributed by atoms with Gasteiger partial charge in [0, 0.05) is 25.2 Å². The number of alkyl halides is 3. The van der Waals surface area contributed by atoms with E-state index in [4.69, 9.17) is 5.11 Å². The Kier molecular flexibility index (Phi) is 5.71. The first-order chi connectivity index (χ1) is 13.2. The Morgan fingerprint density at radius 1 is 1.36 bits per heavy atom. The van der Waals surface area contributed by atoms with Gasteiger partial charge in [-0.1, -0.05) is 17.3 Å². The summed E-state index contributed by atoms with van der Waals surface area (Å²) in [5.41, 5.74) is -1.04. The average molecular weight is 397 g/mol. The molecule has 2 heterocycles. The molecule has 10 heteroatoms. The molecule has 0 unspecified atom stereocenters. The molecule has 1 aliphatic heterocycles. The lowest BCUT2D eigenvalue weighted by Crippen LogP contribution is -2.44. The molecule has 3 rings (SSSR count). The van der Waals surface area contributed by atoms with Gasteiger partial charge in [0.25, 0.3) is 5.91 Å². The first kappa shape index (κ1) is 20.3. The Morgan fingerprint density at radius 2 is 2.07 bits per heavy atom. The van der Waals surface area contributed by atoms with E-state index < -0.39 is 11.7 Å². The van der Waals surface area contributed by atoms with Crippen molar-refractivity contribution in [2.45, 2.75) is 31.6 Å². The Balaban J connectivity index is 1.81. The predicted octanol–water partition coefficient (Wildman–Crippen LogP) is 1.81. The normalized spacial score (nSPS) is 20.2. The maximum atomic E-state index is 13.2. The Bertz CT molecular complexity index is 839. The summed E-state index contributed by atoms with van der Waals surface area (Å²) in [7, 11) is 1.88. The summed E-state index contributed by atoms with van der Waals surface area (Å²) < 4.78 is 40.6. The van der Waals surface area contributed by atoms with Gasteiger partial charge < -0.3 is 10.0 Å². The van der Waals surface area contributed by atoms with Gasteiger partial charge in [-0.25, -0.2) is 4.68 Å². The van der Waals surface area contributed by atoms with Gasteiger partial charge in [-0.15, -0.1) is 5.10 Å². The number of aliphatic hydroxyl groups excluding tert-OH is 1. The third-order valence-electron chi connectivity index (χ3n) is 5.16. The van der Waals surface area contributed by atoms with E-state index in [0.29, 0.717) is 13.1 Å². The molecule has 0 aliphatic carbocycles. The Hall–Kier alpha value is -2.46. The molecule has 1 N–H and O–H groups in total. The fourth-order valence-corrected chi connectivity index (χ4v) is 3.66. The molecular formula is C18H22F3N5O2. The zero-order valence-electron chi connectivity index (χ0n) is 15.6. The van der Waals surface area contributed by atoms with E-state index in [1.54, 1.807) is 4.90 Å². The van der Waals surface area contributed by atoms with Crippen molar-refractivity contribution < 1.29 is 23.1 Å². The number of carbonyl (C=O) groups excluding carboxylic acids is 1. The molecule has 7 nitrogen and oxygen atoms in total. The van der Waals surface area contributed by atoms with E-state index in [-0.39, 0.29) is 36.0 Å². The van der Waals surface area contributed by atoms with Crippen molar-refractivity contribution in [3.05, 3.63) is 41.7 Å². The summed E-state index contributed by atoms with van der Waals surface area (Å²) in [6.07, 6.45) is -2.57. The van der Waals surface area contributed by atoms with Gasteiger partial charge in [-0.3, -0.25) is 9.69 Å². The second-order valence-corrected chi connectivity index (χ2v) is 6.86. The molecule has 152 valence electrons. The maximum absolute atomic E-state index is 13.2. The number of likely N-dealkylation sites (N-methyl/N-ethyl adjacent to an activating group) is 1. The van der Waals surface area contributed by atoms with Crippen molar-refractivity contribution in [1.29, 1.82) is 0 Å². The van der Waals surface area contributed by atoms with Gasteiger partial charge in [-0.2, -0.15) is 13.2 Å². The maximum Gasteiger partial charge on any atom is 0.418 e. The lowest BCUT2D eigenvalue weighted by molar-refractivity contribution is -0.137. The number of halogens is 3. The number of carbonyl (C=O) groups is 1. The molecule has 0 bridgehead atoms. The first-order valence-electron chi connectivity index (χ1n) is 8.95. The van der Waals surface area contributed by atoms with Crippen LogP contribution in [0, 0.1) is 0 Å². The Morgan fingerprint density at radius 3 is 2.75 bits per heavy atom. The van der Waals surface area contributed by atoms with Gasteiger partial charge in [0.15, 0.2) is 5.69 Å². The lowest BCUT2D eigenvalue weighted by Gasteiger charge is -2.30. The largest absolute Gasteiger partial charge is 0.418 e. The van der Waals surface area contributed by atoms with E-state index in [1.807, 2.05) is 18.9 Å². The molecule has 1 saturated heterocycles. The fraction of sp³-hybridized carbons (Fsp3) is 0.500. The molecule has 1 aromatic heterocycles. The second kappa shape index (κ2) is 7.88. The molecule has 0 radical (unpaired) electrons. The standard InChI is InChI=1S/C18H22F3N5O2/c1-12-15(24(2)9-10-27)7-8-25(12)17(28)14-11-26(23-22-14)16-6-4-3-5-13(16)18(19,20)21/h3-6,11-12,15,27H,7-10H2,1-2H3/t12-,15-/m1/s1. The summed E-state index contributed by atoms with van der Waals surface area (Å²) >= 11 is 0. The summed E-state index contributed by atoms with van der Waals surface area (Å²) in [6.45, 7) is 2.95. The highest BCUT2D eigenvalue weighted by Gasteiger charge is 2.38. The molecule has 0 spiro atoms. The average Bonchev–Trinajstić information content (AvgIpc) is 3.28. The highest BCUT2D eigenvalue weighted by Crippen LogP contribution is 2.33. The minimum atomic E-state index is -4.54. The zero-order chi connectivity index (χ0) is 20.5. The number of aromatic nitrogens is 3. The van der Waals surface area contributed by atoms with E-state index in [1.165, 1.54) is 24.4 Å². The van der Waals surface area contributed by atoms with Crippen molar-refractivity contribution in [2.24, 2.45) is 0 Å². The topological polar surface area (TPSA) is 74.5 Å².